The largest absolute Gasteiger partial charge is 0.466 e. The molecule has 0 spiro atoms. The van der Waals surface area contributed by atoms with E-state index in [4.69, 9.17) is 15.9 Å². The molecule has 0 unspecified atom stereocenters. The lowest BCUT2D eigenvalue weighted by molar-refractivity contribution is -0.142. The average Bonchev–Trinajstić information content (AvgIpc) is 2.68. The molecule has 0 aliphatic carbocycles. The van der Waals surface area contributed by atoms with Crippen LogP contribution in [0.25, 0.3) is 0 Å². The van der Waals surface area contributed by atoms with E-state index in [2.05, 4.69) is 10.6 Å². The Labute approximate surface area is 169 Å². The smallest absolute Gasteiger partial charge is 0.307 e. The molecule has 10 nitrogen and oxygen atoms in total. The first-order chi connectivity index (χ1) is 13.9. The van der Waals surface area contributed by atoms with E-state index in [0.29, 0.717) is 44.0 Å². The highest BCUT2D eigenvalue weighted by Gasteiger charge is 2.19. The summed E-state index contributed by atoms with van der Waals surface area (Å²) >= 11 is 0. The third-order valence-electron chi connectivity index (χ3n) is 4.41. The molecule has 0 radical (unpaired) electrons. The number of esters is 1. The number of hydrogen-bond donors (Lipinski definition) is 4. The highest BCUT2D eigenvalue weighted by atomic mass is 16.5. The Morgan fingerprint density at radius 3 is 2.59 bits per heavy atom. The summed E-state index contributed by atoms with van der Waals surface area (Å²) in [7, 11) is 0. The van der Waals surface area contributed by atoms with Crippen molar-refractivity contribution in [3.8, 4) is 0 Å². The highest BCUT2D eigenvalue weighted by molar-refractivity contribution is 5.97. The van der Waals surface area contributed by atoms with Gasteiger partial charge in [-0.05, 0) is 25.1 Å². The number of ether oxygens (including phenoxy) is 1. The minimum atomic E-state index is -0.363. The molecular weight excluding hydrogens is 376 g/mol. The van der Waals surface area contributed by atoms with Gasteiger partial charge < -0.3 is 26.0 Å². The maximum absolute atomic E-state index is 12.3. The number of amides is 2. The third kappa shape index (κ3) is 7.41. The standard InChI is InChI=1S/C19H28N6O4/c1-2-29-17(27)6-7-22-18(28)14-4-3-5-15(12-14)23-16(26)13-24-8-10-25(11-9-24)19(20)21/h3-5,12H,2,6-11,13H2,1H3,(H3,20,21)(H,22,28)(H,23,26). The van der Waals surface area contributed by atoms with Gasteiger partial charge >= 0.3 is 5.97 Å². The van der Waals surface area contributed by atoms with E-state index in [1.54, 1.807) is 36.1 Å². The fourth-order valence-corrected chi connectivity index (χ4v) is 2.90. The highest BCUT2D eigenvalue weighted by Crippen LogP contribution is 2.11. The lowest BCUT2D eigenvalue weighted by Crippen LogP contribution is -2.52. The van der Waals surface area contributed by atoms with Crippen LogP contribution in [0.5, 0.6) is 0 Å². The molecule has 1 fully saturated rings. The van der Waals surface area contributed by atoms with Gasteiger partial charge in [-0.2, -0.15) is 0 Å². The van der Waals surface area contributed by atoms with Crippen LogP contribution < -0.4 is 16.4 Å². The molecule has 1 aromatic rings. The van der Waals surface area contributed by atoms with Crippen molar-refractivity contribution in [3.05, 3.63) is 29.8 Å². The second kappa shape index (κ2) is 11.0. The second-order valence-electron chi connectivity index (χ2n) is 6.59. The van der Waals surface area contributed by atoms with Crippen molar-refractivity contribution in [3.63, 3.8) is 0 Å². The van der Waals surface area contributed by atoms with Crippen LogP contribution in [0.2, 0.25) is 0 Å². The minimum absolute atomic E-state index is 0.0476. The number of nitrogens with one attached hydrogen (secondary N) is 3. The van der Waals surface area contributed by atoms with Crippen molar-refractivity contribution < 1.29 is 19.1 Å². The SMILES string of the molecule is CCOC(=O)CCNC(=O)c1cccc(NC(=O)CN2CCN(C(=N)N)CC2)c1. The van der Waals surface area contributed by atoms with Gasteiger partial charge in [0.2, 0.25) is 5.91 Å². The molecule has 1 saturated heterocycles. The number of carbonyl (C=O) groups excluding carboxylic acids is 3. The minimum Gasteiger partial charge on any atom is -0.466 e. The number of rotatable bonds is 8. The summed E-state index contributed by atoms with van der Waals surface area (Å²) in [6, 6.07) is 6.62. The van der Waals surface area contributed by atoms with Crippen molar-refractivity contribution in [2.24, 2.45) is 5.73 Å². The van der Waals surface area contributed by atoms with E-state index in [1.165, 1.54) is 0 Å². The quantitative estimate of drug-likeness (QED) is 0.268. The van der Waals surface area contributed by atoms with Crippen molar-refractivity contribution in [1.82, 2.24) is 15.1 Å². The van der Waals surface area contributed by atoms with Gasteiger partial charge in [-0.25, -0.2) is 0 Å². The van der Waals surface area contributed by atoms with Crippen LogP contribution >= 0.6 is 0 Å². The molecule has 158 valence electrons. The average molecular weight is 404 g/mol. The Bertz CT molecular complexity index is 746. The zero-order valence-electron chi connectivity index (χ0n) is 16.6. The predicted octanol–water partition coefficient (Wildman–Crippen LogP) is -0.181. The molecule has 5 N–H and O–H groups in total. The van der Waals surface area contributed by atoms with Gasteiger partial charge in [0.05, 0.1) is 19.6 Å². The van der Waals surface area contributed by atoms with E-state index in [0.717, 1.165) is 0 Å². The molecule has 1 aliphatic heterocycles. The van der Waals surface area contributed by atoms with Crippen LogP contribution in [-0.4, -0.2) is 79.4 Å². The van der Waals surface area contributed by atoms with Crippen molar-refractivity contribution >= 4 is 29.4 Å². The molecule has 0 aromatic heterocycles. The summed E-state index contributed by atoms with van der Waals surface area (Å²) in [5.74, 6) is -0.823. The number of nitrogens with two attached hydrogens (primary N) is 1. The first kappa shape index (κ1) is 22.2. The Hall–Kier alpha value is -3.14. The molecule has 1 aromatic carbocycles. The van der Waals surface area contributed by atoms with E-state index in [-0.39, 0.29) is 43.3 Å². The molecular formula is C19H28N6O4. The van der Waals surface area contributed by atoms with Gasteiger partial charge in [0, 0.05) is 44.0 Å². The van der Waals surface area contributed by atoms with Crippen molar-refractivity contribution in [1.29, 1.82) is 5.41 Å². The van der Waals surface area contributed by atoms with Gasteiger partial charge in [-0.15, -0.1) is 0 Å². The van der Waals surface area contributed by atoms with E-state index in [9.17, 15) is 14.4 Å². The lowest BCUT2D eigenvalue weighted by atomic mass is 10.2. The Morgan fingerprint density at radius 2 is 1.93 bits per heavy atom. The summed E-state index contributed by atoms with van der Waals surface area (Å²) in [5, 5.41) is 12.9. The molecule has 0 atom stereocenters. The van der Waals surface area contributed by atoms with Crippen LogP contribution in [0.4, 0.5) is 5.69 Å². The molecule has 1 heterocycles. The number of anilines is 1. The fourth-order valence-electron chi connectivity index (χ4n) is 2.90. The fraction of sp³-hybridized carbons (Fsp3) is 0.474. The topological polar surface area (TPSA) is 141 Å². The van der Waals surface area contributed by atoms with E-state index < -0.39 is 0 Å². The van der Waals surface area contributed by atoms with Gasteiger partial charge in [-0.3, -0.25) is 24.7 Å². The molecule has 29 heavy (non-hydrogen) atoms. The second-order valence-corrected chi connectivity index (χ2v) is 6.59. The Morgan fingerprint density at radius 1 is 1.21 bits per heavy atom. The summed E-state index contributed by atoms with van der Waals surface area (Å²) in [5.41, 5.74) is 6.38. The van der Waals surface area contributed by atoms with Crippen LogP contribution in [0.3, 0.4) is 0 Å². The van der Waals surface area contributed by atoms with Crippen LogP contribution in [0.15, 0.2) is 24.3 Å². The maximum atomic E-state index is 12.3. The van der Waals surface area contributed by atoms with Crippen LogP contribution in [0.1, 0.15) is 23.7 Å². The maximum Gasteiger partial charge on any atom is 0.307 e. The molecule has 1 aliphatic rings. The lowest BCUT2D eigenvalue weighted by Gasteiger charge is -2.34. The van der Waals surface area contributed by atoms with Crippen molar-refractivity contribution in [2.45, 2.75) is 13.3 Å². The number of hydrogen-bond acceptors (Lipinski definition) is 6. The van der Waals surface area contributed by atoms with Gasteiger partial charge in [0.25, 0.3) is 5.91 Å². The van der Waals surface area contributed by atoms with Gasteiger partial charge in [0.1, 0.15) is 0 Å². The predicted molar refractivity (Wildman–Crippen MR) is 109 cm³/mol. The van der Waals surface area contributed by atoms with Crippen molar-refractivity contribution in [2.75, 3.05) is 51.2 Å². The molecule has 2 amide bonds. The van der Waals surface area contributed by atoms with Gasteiger partial charge in [0.15, 0.2) is 5.96 Å². The zero-order chi connectivity index (χ0) is 21.2. The van der Waals surface area contributed by atoms with Crippen LogP contribution in [0, 0.1) is 5.41 Å². The normalized spacial score (nSPS) is 14.2. The van der Waals surface area contributed by atoms with E-state index in [1.807, 2.05) is 4.90 Å². The Kier molecular flexibility index (Phi) is 8.41. The number of nitrogens with zero attached hydrogens (tertiary/aromatic N) is 2. The third-order valence-corrected chi connectivity index (χ3v) is 4.41. The number of piperazine rings is 1. The molecule has 10 heteroatoms. The van der Waals surface area contributed by atoms with Gasteiger partial charge in [-0.1, -0.05) is 6.07 Å². The Balaban J connectivity index is 1.80. The monoisotopic (exact) mass is 404 g/mol. The van der Waals surface area contributed by atoms with E-state index >= 15 is 0 Å². The van der Waals surface area contributed by atoms with Crippen LogP contribution in [-0.2, 0) is 14.3 Å². The summed E-state index contributed by atoms with van der Waals surface area (Å²) in [6.07, 6.45) is 0.104. The number of carbonyl (C=O) groups is 3. The first-order valence-corrected chi connectivity index (χ1v) is 9.54. The zero-order valence-corrected chi connectivity index (χ0v) is 16.6. The number of benzene rings is 1. The molecule has 2 rings (SSSR count). The summed E-state index contributed by atoms with van der Waals surface area (Å²) in [6.45, 7) is 4.96. The molecule has 0 bridgehead atoms. The summed E-state index contributed by atoms with van der Waals surface area (Å²) in [4.78, 5) is 39.6. The number of guanidine groups is 1. The first-order valence-electron chi connectivity index (χ1n) is 9.54. The summed E-state index contributed by atoms with van der Waals surface area (Å²) < 4.78 is 4.81. The molecule has 0 saturated carbocycles.